The molecule has 17 heteroatoms. The Bertz CT molecular complexity index is 1920. The van der Waals surface area contributed by atoms with Crippen LogP contribution in [0.1, 0.15) is 102 Å². The number of imide groups is 1. The summed E-state index contributed by atoms with van der Waals surface area (Å²) >= 11 is 5.72. The highest BCUT2D eigenvalue weighted by Gasteiger charge is 2.52. The Kier molecular flexibility index (Phi) is 12.7. The third-order valence-electron chi connectivity index (χ3n) is 11.6. The van der Waals surface area contributed by atoms with Crippen molar-refractivity contribution >= 4 is 52.5 Å². The van der Waals surface area contributed by atoms with Gasteiger partial charge in [0.15, 0.2) is 5.11 Å². The standard InChI is InChI=1S/C40H48F3N7O6S/c1-23-17-30(18-24(2)48(23)22-35(52)46-33-19-25(13-14-45-33)31-11-12-34(51)47-36(31)53)56-16-15-55-29-9-7-27(8-10-29)50-38(57)49(37(54)39(50,3)4)28-6-5-26(21-44)32(20-28)40(41,42)43/h5-6,13-14,19-20,23-24,27,29-31H,7-12,15-18,22H2,1-4H3,(H,45,46,52)(H,47,51,53)/t23-,24+,27-,29-,30+,31?. The number of carbonyl (C=O) groups excluding carboxylic acids is 4. The molecule has 0 bridgehead atoms. The minimum atomic E-state index is -4.77. The zero-order valence-electron chi connectivity index (χ0n) is 32.4. The number of benzene rings is 1. The van der Waals surface area contributed by atoms with Gasteiger partial charge >= 0.3 is 6.18 Å². The molecule has 1 aromatic carbocycles. The van der Waals surface area contributed by atoms with E-state index in [0.29, 0.717) is 56.7 Å². The largest absolute Gasteiger partial charge is 0.417 e. The number of hydrogen-bond donors (Lipinski definition) is 2. The minimum absolute atomic E-state index is 0.00252. The fraction of sp³-hybridized carbons (Fsp3) is 0.575. The van der Waals surface area contributed by atoms with E-state index in [2.05, 4.69) is 34.4 Å². The molecular formula is C40H48F3N7O6S. The van der Waals surface area contributed by atoms with Crippen molar-refractivity contribution in [1.29, 1.82) is 5.26 Å². The van der Waals surface area contributed by atoms with Gasteiger partial charge in [0.1, 0.15) is 11.4 Å². The van der Waals surface area contributed by atoms with E-state index in [4.69, 9.17) is 21.7 Å². The van der Waals surface area contributed by atoms with E-state index in [-0.39, 0.29) is 71.8 Å². The molecular weight excluding hydrogens is 764 g/mol. The van der Waals surface area contributed by atoms with E-state index in [1.54, 1.807) is 38.2 Å². The number of nitrogens with zero attached hydrogens (tertiary/aromatic N) is 5. The first kappa shape index (κ1) is 42.1. The number of amides is 4. The number of likely N-dealkylation sites (tertiary alicyclic amines) is 1. The van der Waals surface area contributed by atoms with E-state index in [1.165, 1.54) is 6.07 Å². The third kappa shape index (κ3) is 9.30. The molecule has 0 spiro atoms. The van der Waals surface area contributed by atoms with Gasteiger partial charge in [-0.15, -0.1) is 0 Å². The third-order valence-corrected chi connectivity index (χ3v) is 12.0. The van der Waals surface area contributed by atoms with Crippen LogP contribution in [0.4, 0.5) is 24.7 Å². The van der Waals surface area contributed by atoms with Crippen LogP contribution in [0.2, 0.25) is 0 Å². The summed E-state index contributed by atoms with van der Waals surface area (Å²) in [7, 11) is 0. The summed E-state index contributed by atoms with van der Waals surface area (Å²) < 4.78 is 53.6. The van der Waals surface area contributed by atoms with Gasteiger partial charge in [-0.3, -0.25) is 34.3 Å². The predicted octanol–water partition coefficient (Wildman–Crippen LogP) is 5.43. The van der Waals surface area contributed by atoms with Gasteiger partial charge in [0.2, 0.25) is 17.7 Å². The number of alkyl halides is 3. The second kappa shape index (κ2) is 17.2. The van der Waals surface area contributed by atoms with Crippen LogP contribution in [-0.2, 0) is 34.8 Å². The molecule has 3 aliphatic heterocycles. The van der Waals surface area contributed by atoms with Gasteiger partial charge < -0.3 is 19.7 Å². The van der Waals surface area contributed by atoms with Crippen LogP contribution in [0.25, 0.3) is 0 Å². The van der Waals surface area contributed by atoms with Crippen molar-refractivity contribution in [3.8, 4) is 6.07 Å². The summed E-state index contributed by atoms with van der Waals surface area (Å²) in [6.07, 6.45) is 1.72. The lowest BCUT2D eigenvalue weighted by molar-refractivity contribution is -0.138. The van der Waals surface area contributed by atoms with Crippen molar-refractivity contribution in [3.05, 3.63) is 53.2 Å². The molecule has 2 aromatic rings. The number of halogens is 3. The number of hydrogen-bond acceptors (Lipinski definition) is 10. The van der Waals surface area contributed by atoms with E-state index >= 15 is 0 Å². The number of thiocarbonyl (C=S) groups is 1. The fourth-order valence-electron chi connectivity index (χ4n) is 8.66. The number of carbonyl (C=O) groups is 4. The molecule has 306 valence electrons. The lowest BCUT2D eigenvalue weighted by atomic mass is 9.89. The van der Waals surface area contributed by atoms with Gasteiger partial charge in [0.25, 0.3) is 5.91 Å². The van der Waals surface area contributed by atoms with E-state index in [0.717, 1.165) is 29.9 Å². The number of pyridine rings is 1. The molecule has 4 atom stereocenters. The first-order chi connectivity index (χ1) is 27.0. The van der Waals surface area contributed by atoms with Crippen molar-refractivity contribution in [3.63, 3.8) is 0 Å². The second-order valence-electron chi connectivity index (χ2n) is 15.9. The summed E-state index contributed by atoms with van der Waals surface area (Å²) in [5.41, 5.74) is -2.04. The van der Waals surface area contributed by atoms with Gasteiger partial charge in [-0.05, 0) is 121 Å². The molecule has 4 fully saturated rings. The maximum atomic E-state index is 13.7. The van der Waals surface area contributed by atoms with Crippen LogP contribution >= 0.6 is 12.2 Å². The molecule has 4 heterocycles. The molecule has 4 amide bonds. The lowest BCUT2D eigenvalue weighted by Gasteiger charge is -2.42. The van der Waals surface area contributed by atoms with Crippen molar-refractivity contribution in [2.75, 3.05) is 30.0 Å². The highest BCUT2D eigenvalue weighted by molar-refractivity contribution is 7.80. The molecule has 2 N–H and O–H groups in total. The smallest absolute Gasteiger partial charge is 0.376 e. The SMILES string of the molecule is C[C@@H]1C[C@H](OCCO[C@H]2CC[C@H](N3C(=S)N(c4ccc(C#N)c(C(F)(F)F)c4)C(=O)C3(C)C)CC2)C[C@H](C)N1CC(=O)Nc1cc(C2CCC(=O)NC2=O)ccn1. The van der Waals surface area contributed by atoms with Crippen molar-refractivity contribution < 1.29 is 41.8 Å². The maximum Gasteiger partial charge on any atom is 0.417 e. The van der Waals surface area contributed by atoms with Crippen molar-refractivity contribution in [1.82, 2.24) is 20.1 Å². The Morgan fingerprint density at radius 3 is 2.32 bits per heavy atom. The zero-order chi connectivity index (χ0) is 41.2. The van der Waals surface area contributed by atoms with Crippen LogP contribution in [0, 0.1) is 11.3 Å². The number of ether oxygens (including phenoxy) is 2. The molecule has 3 saturated heterocycles. The van der Waals surface area contributed by atoms with Crippen LogP contribution in [0.15, 0.2) is 36.5 Å². The average molecular weight is 812 g/mol. The van der Waals surface area contributed by atoms with Crippen LogP contribution in [-0.4, -0.2) is 99.2 Å². The van der Waals surface area contributed by atoms with Crippen LogP contribution in [0.5, 0.6) is 0 Å². The first-order valence-electron chi connectivity index (χ1n) is 19.4. The van der Waals surface area contributed by atoms with E-state index < -0.39 is 34.7 Å². The van der Waals surface area contributed by atoms with E-state index in [9.17, 15) is 37.6 Å². The number of piperidine rings is 2. The molecule has 4 aliphatic rings. The monoisotopic (exact) mass is 811 g/mol. The minimum Gasteiger partial charge on any atom is -0.376 e. The Balaban J connectivity index is 0.929. The molecule has 1 unspecified atom stereocenters. The molecule has 6 rings (SSSR count). The molecule has 13 nitrogen and oxygen atoms in total. The number of anilines is 2. The van der Waals surface area contributed by atoms with E-state index in [1.807, 2.05) is 4.90 Å². The summed E-state index contributed by atoms with van der Waals surface area (Å²) in [5, 5.41) is 14.6. The lowest BCUT2D eigenvalue weighted by Crippen LogP contribution is -2.51. The van der Waals surface area contributed by atoms with Gasteiger partial charge in [0.05, 0.1) is 60.8 Å². The number of aromatic nitrogens is 1. The highest BCUT2D eigenvalue weighted by Crippen LogP contribution is 2.41. The number of nitrogens with one attached hydrogen (secondary N) is 2. The Morgan fingerprint density at radius 1 is 1.02 bits per heavy atom. The molecule has 1 saturated carbocycles. The molecule has 1 aromatic heterocycles. The maximum absolute atomic E-state index is 13.7. The number of rotatable bonds is 11. The Labute approximate surface area is 335 Å². The van der Waals surface area contributed by atoms with Crippen molar-refractivity contribution in [2.45, 2.75) is 127 Å². The number of nitriles is 1. The van der Waals surface area contributed by atoms with Gasteiger partial charge in [-0.1, -0.05) is 0 Å². The quantitative estimate of drug-likeness (QED) is 0.170. The normalized spacial score (nSPS) is 27.0. The second-order valence-corrected chi connectivity index (χ2v) is 16.2. The summed E-state index contributed by atoms with van der Waals surface area (Å²) in [6, 6.07) is 8.22. The molecule has 1 aliphatic carbocycles. The zero-order valence-corrected chi connectivity index (χ0v) is 33.3. The van der Waals surface area contributed by atoms with Crippen LogP contribution in [0.3, 0.4) is 0 Å². The van der Waals surface area contributed by atoms with Crippen LogP contribution < -0.4 is 15.5 Å². The Morgan fingerprint density at radius 2 is 1.68 bits per heavy atom. The van der Waals surface area contributed by atoms with Crippen molar-refractivity contribution in [2.24, 2.45) is 0 Å². The topological polar surface area (TPSA) is 157 Å². The van der Waals surface area contributed by atoms with Gasteiger partial charge in [-0.2, -0.15) is 18.4 Å². The first-order valence-corrected chi connectivity index (χ1v) is 19.8. The summed E-state index contributed by atoms with van der Waals surface area (Å²) in [4.78, 5) is 59.9. The average Bonchev–Trinajstić information content (AvgIpc) is 3.33. The molecule has 57 heavy (non-hydrogen) atoms. The van der Waals surface area contributed by atoms with Gasteiger partial charge in [0, 0.05) is 30.7 Å². The van der Waals surface area contributed by atoms with Gasteiger partial charge in [-0.25, -0.2) is 4.98 Å². The summed E-state index contributed by atoms with van der Waals surface area (Å²) in [6.45, 7) is 8.58. The summed E-state index contributed by atoms with van der Waals surface area (Å²) in [5.74, 6) is -1.39. The molecule has 0 radical (unpaired) electrons. The fourth-order valence-corrected chi connectivity index (χ4v) is 9.22. The predicted molar refractivity (Wildman–Crippen MR) is 207 cm³/mol. The Hall–Kier alpha value is -4.50. The highest BCUT2D eigenvalue weighted by atomic mass is 32.1.